The van der Waals surface area contributed by atoms with Gasteiger partial charge >= 0.3 is 0 Å². The van der Waals surface area contributed by atoms with Gasteiger partial charge in [0.25, 0.3) is 0 Å². The molecule has 0 spiro atoms. The third-order valence-corrected chi connectivity index (χ3v) is 6.68. The molecule has 0 amide bonds. The first kappa shape index (κ1) is 19.4. The van der Waals surface area contributed by atoms with E-state index >= 15 is 0 Å². The summed E-state index contributed by atoms with van der Waals surface area (Å²) in [5, 5.41) is 2.33. The number of benzene rings is 3. The Hall–Kier alpha value is -2.56. The van der Waals surface area contributed by atoms with Crippen LogP contribution in [-0.2, 0) is 18.8 Å². The second-order valence-electron chi connectivity index (χ2n) is 8.12. The molecule has 3 aromatic rings. The maximum Gasteiger partial charge on any atom is 0.151 e. The van der Waals surface area contributed by atoms with E-state index in [2.05, 4.69) is 84.6 Å². The molecule has 2 heterocycles. The molecule has 4 heteroatoms. The van der Waals surface area contributed by atoms with Crippen molar-refractivity contribution in [2.45, 2.75) is 30.7 Å². The molecule has 0 N–H and O–H groups in total. The lowest BCUT2D eigenvalue weighted by Gasteiger charge is -2.30. The molecule has 0 unspecified atom stereocenters. The summed E-state index contributed by atoms with van der Waals surface area (Å²) in [6.45, 7) is 5.48. The topological polar surface area (TPSA) is 24.8 Å². The van der Waals surface area contributed by atoms with E-state index in [4.69, 9.17) is 9.73 Å². The summed E-state index contributed by atoms with van der Waals surface area (Å²) in [4.78, 5) is 8.58. The van der Waals surface area contributed by atoms with Crippen LogP contribution in [-0.4, -0.2) is 18.2 Å². The molecule has 0 fully saturated rings. The van der Waals surface area contributed by atoms with Crippen LogP contribution >= 0.6 is 11.8 Å². The van der Waals surface area contributed by atoms with E-state index in [0.29, 0.717) is 12.6 Å². The van der Waals surface area contributed by atoms with Crippen LogP contribution < -0.4 is 15.3 Å². The van der Waals surface area contributed by atoms with Crippen molar-refractivity contribution in [1.29, 1.82) is 0 Å². The van der Waals surface area contributed by atoms with E-state index in [1.54, 1.807) is 0 Å². The largest absolute Gasteiger partial charge is 0.476 e. The van der Waals surface area contributed by atoms with Gasteiger partial charge in [0.2, 0.25) is 0 Å². The van der Waals surface area contributed by atoms with Gasteiger partial charge in [-0.15, -0.1) is 11.8 Å². The van der Waals surface area contributed by atoms with Crippen molar-refractivity contribution in [2.24, 2.45) is 10.9 Å². The summed E-state index contributed by atoms with van der Waals surface area (Å²) in [6.07, 6.45) is 2.38. The smallest absolute Gasteiger partial charge is 0.151 e. The lowest BCUT2D eigenvalue weighted by Crippen LogP contribution is -2.41. The standard InChI is InChI=1S/C26H26N2OS/c1-19-12-24-22(17-30-23-10-6-3-7-11-23)13-21-16-28(15-20-8-4-2-5-9-20)18-29-26(21)25(24)27-14-19/h2-13,19H,14-18H2,1H3/t19-/m0/s1. The Morgan fingerprint density at radius 1 is 1.07 bits per heavy atom. The summed E-state index contributed by atoms with van der Waals surface area (Å²) >= 11 is 1.89. The fourth-order valence-electron chi connectivity index (χ4n) is 4.16. The molecule has 2 aliphatic rings. The molecule has 1 atom stereocenters. The molecule has 0 bridgehead atoms. The van der Waals surface area contributed by atoms with Gasteiger partial charge in [-0.25, -0.2) is 0 Å². The zero-order valence-corrected chi connectivity index (χ0v) is 18.1. The van der Waals surface area contributed by atoms with Crippen LogP contribution in [0, 0.1) is 5.92 Å². The number of hydrogen-bond acceptors (Lipinski definition) is 4. The molecule has 2 aliphatic heterocycles. The Morgan fingerprint density at radius 2 is 1.83 bits per heavy atom. The Bertz CT molecular complexity index is 1150. The van der Waals surface area contributed by atoms with Crippen LogP contribution in [0.15, 0.2) is 76.6 Å². The first-order valence-electron chi connectivity index (χ1n) is 10.5. The van der Waals surface area contributed by atoms with Gasteiger partial charge in [-0.1, -0.05) is 61.5 Å². The lowest BCUT2D eigenvalue weighted by molar-refractivity contribution is 0.0870. The Labute approximate surface area is 182 Å². The van der Waals surface area contributed by atoms with Crippen molar-refractivity contribution in [1.82, 2.24) is 4.90 Å². The molecular weight excluding hydrogens is 388 g/mol. The van der Waals surface area contributed by atoms with Crippen molar-refractivity contribution >= 4 is 17.8 Å². The van der Waals surface area contributed by atoms with E-state index in [1.165, 1.54) is 26.8 Å². The first-order chi connectivity index (χ1) is 14.8. The molecule has 0 saturated heterocycles. The van der Waals surface area contributed by atoms with Gasteiger partial charge < -0.3 is 4.74 Å². The van der Waals surface area contributed by atoms with E-state index in [-0.39, 0.29) is 0 Å². The van der Waals surface area contributed by atoms with Gasteiger partial charge in [-0.2, -0.15) is 0 Å². The molecule has 0 saturated carbocycles. The molecule has 5 rings (SSSR count). The minimum atomic E-state index is 0.467. The SMILES string of the molecule is C[C@H]1C=c2c(CSc3ccccc3)cc3c(c2=NC1)OCN(Cc1ccccc1)C3. The van der Waals surface area contributed by atoms with Gasteiger partial charge in [-0.3, -0.25) is 9.89 Å². The molecule has 3 nitrogen and oxygen atoms in total. The number of ether oxygens (including phenoxy) is 1. The van der Waals surface area contributed by atoms with Crippen molar-refractivity contribution in [3.05, 3.63) is 94.0 Å². The Balaban J connectivity index is 1.46. The molecule has 0 radical (unpaired) electrons. The maximum absolute atomic E-state index is 6.27. The Kier molecular flexibility index (Phi) is 5.60. The second-order valence-corrected chi connectivity index (χ2v) is 9.17. The quantitative estimate of drug-likeness (QED) is 0.579. The first-order valence-corrected chi connectivity index (χ1v) is 11.5. The van der Waals surface area contributed by atoms with Gasteiger partial charge in [-0.05, 0) is 35.2 Å². The average Bonchev–Trinajstić information content (AvgIpc) is 2.78. The normalized spacial score (nSPS) is 17.8. The fourth-order valence-corrected chi connectivity index (χ4v) is 5.07. The summed E-state index contributed by atoms with van der Waals surface area (Å²) in [5.41, 5.74) is 3.93. The van der Waals surface area contributed by atoms with Crippen molar-refractivity contribution < 1.29 is 4.74 Å². The maximum atomic E-state index is 6.27. The van der Waals surface area contributed by atoms with Crippen molar-refractivity contribution in [3.63, 3.8) is 0 Å². The monoisotopic (exact) mass is 414 g/mol. The van der Waals surface area contributed by atoms with Crippen LogP contribution in [0.3, 0.4) is 0 Å². The van der Waals surface area contributed by atoms with Crippen LogP contribution in [0.25, 0.3) is 6.08 Å². The van der Waals surface area contributed by atoms with Crippen LogP contribution in [0.2, 0.25) is 0 Å². The molecule has 3 aromatic carbocycles. The molecule has 0 aliphatic carbocycles. The van der Waals surface area contributed by atoms with E-state index in [0.717, 1.165) is 36.5 Å². The highest BCUT2D eigenvalue weighted by molar-refractivity contribution is 7.98. The molecule has 0 aromatic heterocycles. The van der Waals surface area contributed by atoms with Crippen molar-refractivity contribution in [3.8, 4) is 5.75 Å². The summed E-state index contributed by atoms with van der Waals surface area (Å²) in [5.74, 6) is 2.40. The van der Waals surface area contributed by atoms with Gasteiger partial charge in [0.1, 0.15) is 12.1 Å². The van der Waals surface area contributed by atoms with Gasteiger partial charge in [0, 0.05) is 41.1 Å². The minimum Gasteiger partial charge on any atom is -0.476 e. The predicted molar refractivity (Wildman–Crippen MR) is 123 cm³/mol. The summed E-state index contributed by atoms with van der Waals surface area (Å²) in [6, 6.07) is 23.6. The third kappa shape index (κ3) is 4.16. The Morgan fingerprint density at radius 3 is 2.63 bits per heavy atom. The second kappa shape index (κ2) is 8.66. The van der Waals surface area contributed by atoms with E-state index in [1.807, 2.05) is 11.8 Å². The fraction of sp³-hybridized carbons (Fsp3) is 0.269. The summed E-state index contributed by atoms with van der Waals surface area (Å²) in [7, 11) is 0. The zero-order valence-electron chi connectivity index (χ0n) is 17.3. The number of nitrogens with zero attached hydrogens (tertiary/aromatic N) is 2. The van der Waals surface area contributed by atoms with E-state index < -0.39 is 0 Å². The number of fused-ring (bicyclic) bond motifs is 3. The summed E-state index contributed by atoms with van der Waals surface area (Å²) < 4.78 is 6.27. The highest BCUT2D eigenvalue weighted by Crippen LogP contribution is 2.26. The van der Waals surface area contributed by atoms with Crippen LogP contribution in [0.4, 0.5) is 0 Å². The molecular formula is C26H26N2OS. The van der Waals surface area contributed by atoms with Crippen LogP contribution in [0.5, 0.6) is 5.75 Å². The number of hydrogen-bond donors (Lipinski definition) is 0. The highest BCUT2D eigenvalue weighted by atomic mass is 32.2. The third-order valence-electron chi connectivity index (χ3n) is 5.62. The highest BCUT2D eigenvalue weighted by Gasteiger charge is 2.22. The van der Waals surface area contributed by atoms with Gasteiger partial charge in [0.05, 0.1) is 0 Å². The zero-order chi connectivity index (χ0) is 20.3. The van der Waals surface area contributed by atoms with Crippen molar-refractivity contribution in [2.75, 3.05) is 13.3 Å². The predicted octanol–water partition coefficient (Wildman–Crippen LogP) is 4.38. The average molecular weight is 415 g/mol. The van der Waals surface area contributed by atoms with Gasteiger partial charge in [0.15, 0.2) is 5.75 Å². The number of rotatable bonds is 5. The van der Waals surface area contributed by atoms with Crippen LogP contribution in [0.1, 0.15) is 23.6 Å². The molecule has 30 heavy (non-hydrogen) atoms. The number of thioether (sulfide) groups is 1. The minimum absolute atomic E-state index is 0.467. The molecule has 152 valence electrons. The van der Waals surface area contributed by atoms with E-state index in [9.17, 15) is 0 Å². The lowest BCUT2D eigenvalue weighted by atomic mass is 9.99.